The van der Waals surface area contributed by atoms with Gasteiger partial charge in [-0.25, -0.2) is 0 Å². The van der Waals surface area contributed by atoms with Crippen molar-refractivity contribution in [2.24, 2.45) is 45.3 Å². The molecule has 13 nitrogen and oxygen atoms in total. The zero-order chi connectivity index (χ0) is 40.8. The molecule has 0 radical (unpaired) electrons. The van der Waals surface area contributed by atoms with E-state index < -0.39 is 90.7 Å². The lowest BCUT2D eigenvalue weighted by molar-refractivity contribution is -0.348. The first-order valence-electron chi connectivity index (χ1n) is 20.8. The molecule has 6 aliphatic rings. The van der Waals surface area contributed by atoms with Crippen LogP contribution in [0.2, 0.25) is 0 Å². The Morgan fingerprint density at radius 3 is 2.02 bits per heavy atom. The van der Waals surface area contributed by atoms with E-state index in [9.17, 15) is 46.0 Å². The highest BCUT2D eigenvalue weighted by atomic mass is 16.7. The van der Waals surface area contributed by atoms with Crippen LogP contribution in [0.4, 0.5) is 0 Å². The zero-order valence-electron chi connectivity index (χ0n) is 34.4. The van der Waals surface area contributed by atoms with E-state index in [0.29, 0.717) is 25.7 Å². The second-order valence-electron chi connectivity index (χ2n) is 20.3. The number of hydrogen-bond acceptors (Lipinski definition) is 13. The van der Waals surface area contributed by atoms with Crippen molar-refractivity contribution in [3.05, 3.63) is 11.6 Å². The first kappa shape index (κ1) is 43.8. The number of allylic oxidation sites excluding steroid dienone is 2. The summed E-state index contributed by atoms with van der Waals surface area (Å²) >= 11 is 0. The SMILES string of the molecule is CC(C)=CCC[C@](C)(O[C@@H]1O[C@H](CO[C@@H]2O[C@@H](C)[C@H](O)[C@@H](O)[C@H]2O)[C@@H](O)[C@H](O)[C@H]1O)[C@H]1CC[C@]2(C)[C@@H]1[C@H](O)C[C@@H]1[C@@]3(C)C[C@@H](O)[C@H](O)C(C)(C)[C@@H]3CC[C@]12C. The number of fused-ring (bicyclic) bond motifs is 5. The average molecular weight is 785 g/mol. The lowest BCUT2D eigenvalue weighted by atomic mass is 9.35. The van der Waals surface area contributed by atoms with Crippen LogP contribution in [0.15, 0.2) is 11.6 Å². The van der Waals surface area contributed by atoms with E-state index in [4.69, 9.17) is 18.9 Å². The molecule has 13 heteroatoms. The Morgan fingerprint density at radius 2 is 1.36 bits per heavy atom. The van der Waals surface area contributed by atoms with Crippen LogP contribution in [0.25, 0.3) is 0 Å². The highest BCUT2D eigenvalue weighted by Gasteiger charge is 2.72. The molecule has 6 fully saturated rings. The number of rotatable bonds is 9. The van der Waals surface area contributed by atoms with Gasteiger partial charge in [-0.15, -0.1) is 0 Å². The molecule has 0 aromatic heterocycles. The van der Waals surface area contributed by atoms with E-state index in [2.05, 4.69) is 40.7 Å². The van der Waals surface area contributed by atoms with Crippen LogP contribution >= 0.6 is 0 Å². The number of aliphatic hydroxyl groups is 9. The quantitative estimate of drug-likeness (QED) is 0.153. The molecule has 4 aliphatic carbocycles. The van der Waals surface area contributed by atoms with Crippen molar-refractivity contribution in [2.45, 2.75) is 199 Å². The van der Waals surface area contributed by atoms with Crippen molar-refractivity contribution >= 4 is 0 Å². The van der Waals surface area contributed by atoms with Crippen LogP contribution in [-0.2, 0) is 18.9 Å². The molecule has 0 amide bonds. The van der Waals surface area contributed by atoms with Gasteiger partial charge < -0.3 is 64.9 Å². The van der Waals surface area contributed by atoms with Gasteiger partial charge in [0.25, 0.3) is 0 Å². The standard InChI is InChI=1S/C42H72O13/c1-20(2)11-10-14-42(9,55-37-34(50)32(48)30(46)25(54-37)19-52-36-33(49)31(47)29(45)21(3)53-36)22-12-15-41(8)28(22)23(43)17-27-39(6)18-24(44)35(51)38(4,5)26(39)13-16-40(27,41)7/h11,21-37,43-51H,10,12-19H2,1-9H3/t21-,22-,23+,24+,25+,26-,27+,28-,29-,30+,31+,32-,33+,34+,35-,36+,37-,39-,40+,41+,42-/m0/s1. The van der Waals surface area contributed by atoms with Gasteiger partial charge in [0, 0.05) is 0 Å². The molecule has 21 atom stereocenters. The van der Waals surface area contributed by atoms with Crippen molar-refractivity contribution in [3.63, 3.8) is 0 Å². The Balaban J connectivity index is 1.27. The van der Waals surface area contributed by atoms with E-state index >= 15 is 0 Å². The normalized spacial score (nSPS) is 53.4. The average Bonchev–Trinajstić information content (AvgIpc) is 3.49. The maximum atomic E-state index is 12.4. The fraction of sp³-hybridized carbons (Fsp3) is 0.952. The summed E-state index contributed by atoms with van der Waals surface area (Å²) in [6, 6.07) is 0. The van der Waals surface area contributed by atoms with Crippen LogP contribution in [0.5, 0.6) is 0 Å². The maximum Gasteiger partial charge on any atom is 0.187 e. The molecule has 0 spiro atoms. The lowest BCUT2D eigenvalue weighted by Gasteiger charge is -2.71. The van der Waals surface area contributed by atoms with Gasteiger partial charge in [0.2, 0.25) is 0 Å². The molecular weight excluding hydrogens is 712 g/mol. The summed E-state index contributed by atoms with van der Waals surface area (Å²) in [4.78, 5) is 0. The Hall–Kier alpha value is -0.780. The van der Waals surface area contributed by atoms with Gasteiger partial charge >= 0.3 is 0 Å². The van der Waals surface area contributed by atoms with Gasteiger partial charge in [0.1, 0.15) is 42.7 Å². The Kier molecular flexibility index (Phi) is 12.2. The molecule has 0 aromatic rings. The lowest BCUT2D eigenvalue weighted by Crippen LogP contribution is -2.68. The Morgan fingerprint density at radius 1 is 0.745 bits per heavy atom. The molecule has 0 unspecified atom stereocenters. The molecule has 4 saturated carbocycles. The van der Waals surface area contributed by atoms with Crippen molar-refractivity contribution in [3.8, 4) is 0 Å². The minimum Gasteiger partial charge on any atom is -0.393 e. The third-order valence-electron chi connectivity index (χ3n) is 16.6. The van der Waals surface area contributed by atoms with Gasteiger partial charge in [-0.05, 0) is 124 Å². The maximum absolute atomic E-state index is 12.4. The van der Waals surface area contributed by atoms with Crippen LogP contribution < -0.4 is 0 Å². The highest BCUT2D eigenvalue weighted by molar-refractivity contribution is 5.21. The summed E-state index contributed by atoms with van der Waals surface area (Å²) < 4.78 is 24.4. The smallest absolute Gasteiger partial charge is 0.187 e. The van der Waals surface area contributed by atoms with Crippen LogP contribution in [-0.4, -0.2) is 138 Å². The molecule has 2 saturated heterocycles. The first-order valence-corrected chi connectivity index (χ1v) is 20.8. The first-order chi connectivity index (χ1) is 25.4. The minimum atomic E-state index is -1.66. The monoisotopic (exact) mass is 784 g/mol. The fourth-order valence-electron chi connectivity index (χ4n) is 13.3. The van der Waals surface area contributed by atoms with Gasteiger partial charge in [0.15, 0.2) is 12.6 Å². The molecule has 0 aromatic carbocycles. The van der Waals surface area contributed by atoms with Gasteiger partial charge in [0.05, 0.1) is 36.6 Å². The largest absolute Gasteiger partial charge is 0.393 e. The third-order valence-corrected chi connectivity index (χ3v) is 16.6. The summed E-state index contributed by atoms with van der Waals surface area (Å²) in [5.74, 6) is -0.0173. The second kappa shape index (κ2) is 15.4. The summed E-state index contributed by atoms with van der Waals surface area (Å²) in [7, 11) is 0. The van der Waals surface area contributed by atoms with Crippen LogP contribution in [0.1, 0.15) is 114 Å². The minimum absolute atomic E-state index is 0.118. The zero-order valence-corrected chi connectivity index (χ0v) is 34.4. The van der Waals surface area contributed by atoms with Gasteiger partial charge in [-0.2, -0.15) is 0 Å². The number of aliphatic hydroxyl groups excluding tert-OH is 9. The van der Waals surface area contributed by atoms with Gasteiger partial charge in [-0.1, -0.05) is 46.3 Å². The van der Waals surface area contributed by atoms with Crippen LogP contribution in [0.3, 0.4) is 0 Å². The Bertz CT molecular complexity index is 1390. The number of ether oxygens (including phenoxy) is 4. The van der Waals surface area contributed by atoms with E-state index in [1.54, 1.807) is 0 Å². The van der Waals surface area contributed by atoms with Crippen molar-refractivity contribution in [1.29, 1.82) is 0 Å². The topological polar surface area (TPSA) is 219 Å². The highest BCUT2D eigenvalue weighted by Crippen LogP contribution is 2.76. The van der Waals surface area contributed by atoms with Crippen LogP contribution in [0, 0.1) is 45.3 Å². The number of hydrogen-bond donors (Lipinski definition) is 9. The summed E-state index contributed by atoms with van der Waals surface area (Å²) in [6.45, 7) is 18.3. The predicted octanol–water partition coefficient (Wildman–Crippen LogP) is 2.15. The van der Waals surface area contributed by atoms with E-state index in [1.807, 2.05) is 20.8 Å². The third kappa shape index (κ3) is 7.10. The molecule has 318 valence electrons. The van der Waals surface area contributed by atoms with Gasteiger partial charge in [-0.3, -0.25) is 0 Å². The van der Waals surface area contributed by atoms with E-state index in [0.717, 1.165) is 31.3 Å². The van der Waals surface area contributed by atoms with Crippen molar-refractivity contribution in [2.75, 3.05) is 6.61 Å². The molecule has 0 bridgehead atoms. The fourth-order valence-corrected chi connectivity index (χ4v) is 13.3. The second-order valence-corrected chi connectivity index (χ2v) is 20.3. The molecular formula is C42H72O13. The summed E-state index contributed by atoms with van der Waals surface area (Å²) in [5.41, 5.74) is -1.04. The predicted molar refractivity (Wildman–Crippen MR) is 201 cm³/mol. The Labute approximate surface area is 327 Å². The summed E-state index contributed by atoms with van der Waals surface area (Å²) in [6.07, 6.45) is -8.51. The molecule has 2 aliphatic heterocycles. The summed E-state index contributed by atoms with van der Waals surface area (Å²) in [5, 5.41) is 99.0. The van der Waals surface area contributed by atoms with E-state index in [1.165, 1.54) is 6.92 Å². The van der Waals surface area contributed by atoms with Crippen molar-refractivity contribution in [1.82, 2.24) is 0 Å². The molecule has 9 N–H and O–H groups in total. The molecule has 55 heavy (non-hydrogen) atoms. The molecule has 6 rings (SSSR count). The van der Waals surface area contributed by atoms with Crippen molar-refractivity contribution < 1.29 is 64.9 Å². The van der Waals surface area contributed by atoms with E-state index in [-0.39, 0.29) is 46.5 Å². The molecule has 2 heterocycles.